The van der Waals surface area contributed by atoms with Crippen LogP contribution in [0.5, 0.6) is 0 Å². The molecule has 3 heteroatoms. The third kappa shape index (κ3) is 3.25. The van der Waals surface area contributed by atoms with Gasteiger partial charge in [-0.25, -0.2) is 4.79 Å². The summed E-state index contributed by atoms with van der Waals surface area (Å²) >= 11 is 0. The molecule has 3 nitrogen and oxygen atoms in total. The first kappa shape index (κ1) is 10.4. The Hall–Kier alpha value is -0.730. The normalized spacial score (nSPS) is 25.2. The molecule has 76 valence electrons. The molecule has 0 amide bonds. The highest BCUT2D eigenvalue weighted by Crippen LogP contribution is 2.28. The Kier molecular flexibility index (Phi) is 2.84. The number of hydrogen-bond donors (Lipinski definition) is 0. The number of rotatable bonds is 2. The zero-order valence-corrected chi connectivity index (χ0v) is 8.79. The summed E-state index contributed by atoms with van der Waals surface area (Å²) in [6.45, 7) is 9.05. The lowest BCUT2D eigenvalue weighted by Crippen LogP contribution is -2.24. The molecule has 0 radical (unpaired) electrons. The third-order valence-electron chi connectivity index (χ3n) is 2.18. The molecule has 2 unspecified atom stereocenters. The van der Waals surface area contributed by atoms with Gasteiger partial charge in [-0.05, 0) is 17.8 Å². The topological polar surface area (TPSA) is 35.5 Å². The highest BCUT2D eigenvalue weighted by Gasteiger charge is 2.32. The van der Waals surface area contributed by atoms with Crippen molar-refractivity contribution >= 4 is 6.16 Å². The lowest BCUT2D eigenvalue weighted by molar-refractivity contribution is 0.0894. The number of carbonyl (C=O) groups is 1. The Labute approximate surface area is 79.4 Å². The van der Waals surface area contributed by atoms with Gasteiger partial charge >= 0.3 is 6.16 Å². The van der Waals surface area contributed by atoms with E-state index in [2.05, 4.69) is 27.7 Å². The van der Waals surface area contributed by atoms with Gasteiger partial charge in [0.2, 0.25) is 0 Å². The molecule has 1 saturated heterocycles. The summed E-state index contributed by atoms with van der Waals surface area (Å²) in [4.78, 5) is 10.7. The molecule has 0 N–H and O–H groups in total. The van der Waals surface area contributed by atoms with Gasteiger partial charge in [-0.1, -0.05) is 27.7 Å². The maximum atomic E-state index is 10.7. The summed E-state index contributed by atoms with van der Waals surface area (Å²) in [5.74, 6) is 0.367. The highest BCUT2D eigenvalue weighted by molar-refractivity contribution is 5.61. The Balaban J connectivity index is 2.40. The van der Waals surface area contributed by atoms with Gasteiger partial charge in [0.05, 0.1) is 0 Å². The fourth-order valence-corrected chi connectivity index (χ4v) is 1.72. The van der Waals surface area contributed by atoms with E-state index in [0.717, 1.165) is 6.42 Å². The van der Waals surface area contributed by atoms with Crippen LogP contribution in [0.25, 0.3) is 0 Å². The van der Waals surface area contributed by atoms with E-state index in [1.165, 1.54) is 0 Å². The molecule has 1 aliphatic heterocycles. The van der Waals surface area contributed by atoms with Crippen LogP contribution in [0.4, 0.5) is 4.79 Å². The van der Waals surface area contributed by atoms with Crippen LogP contribution in [0.15, 0.2) is 0 Å². The molecule has 0 saturated carbocycles. The summed E-state index contributed by atoms with van der Waals surface area (Å²) in [5.41, 5.74) is 0.272. The minimum Gasteiger partial charge on any atom is -0.430 e. The van der Waals surface area contributed by atoms with Crippen LogP contribution in [0, 0.1) is 11.3 Å². The third-order valence-corrected chi connectivity index (χ3v) is 2.18. The van der Waals surface area contributed by atoms with Crippen molar-refractivity contribution in [2.24, 2.45) is 11.3 Å². The smallest absolute Gasteiger partial charge is 0.430 e. The van der Waals surface area contributed by atoms with Crippen molar-refractivity contribution in [1.82, 2.24) is 0 Å². The van der Waals surface area contributed by atoms with Crippen LogP contribution in [-0.4, -0.2) is 18.9 Å². The molecule has 1 rings (SSSR count). The summed E-state index contributed by atoms with van der Waals surface area (Å²) in [5, 5.41) is 0. The SMILES string of the molecule is CC(CC(C)(C)C)C1COC(=O)O1. The van der Waals surface area contributed by atoms with E-state index in [9.17, 15) is 4.79 Å². The van der Waals surface area contributed by atoms with Crippen LogP contribution in [-0.2, 0) is 9.47 Å². The number of ether oxygens (including phenoxy) is 2. The average molecular weight is 186 g/mol. The van der Waals surface area contributed by atoms with Gasteiger partial charge in [0.1, 0.15) is 12.7 Å². The Morgan fingerprint density at radius 2 is 2.15 bits per heavy atom. The zero-order chi connectivity index (χ0) is 10.1. The maximum absolute atomic E-state index is 10.7. The first-order valence-electron chi connectivity index (χ1n) is 4.72. The van der Waals surface area contributed by atoms with Crippen LogP contribution in [0.1, 0.15) is 34.1 Å². The molecule has 1 heterocycles. The predicted octanol–water partition coefficient (Wildman–Crippen LogP) is 2.59. The minimum absolute atomic E-state index is 0.0493. The van der Waals surface area contributed by atoms with Gasteiger partial charge in [0.25, 0.3) is 0 Å². The van der Waals surface area contributed by atoms with Crippen molar-refractivity contribution in [1.29, 1.82) is 0 Å². The van der Waals surface area contributed by atoms with Gasteiger partial charge in [0, 0.05) is 0 Å². The van der Waals surface area contributed by atoms with Gasteiger partial charge in [-0.2, -0.15) is 0 Å². The van der Waals surface area contributed by atoms with Crippen molar-refractivity contribution < 1.29 is 14.3 Å². The average Bonchev–Trinajstić information content (AvgIpc) is 2.31. The number of carbonyl (C=O) groups excluding carboxylic acids is 1. The molecular formula is C10H18O3. The van der Waals surface area contributed by atoms with E-state index >= 15 is 0 Å². The van der Waals surface area contributed by atoms with E-state index in [1.807, 2.05) is 0 Å². The first-order valence-corrected chi connectivity index (χ1v) is 4.72. The van der Waals surface area contributed by atoms with Gasteiger partial charge < -0.3 is 9.47 Å². The first-order chi connectivity index (χ1) is 5.88. The fraction of sp³-hybridized carbons (Fsp3) is 0.900. The number of cyclic esters (lactones) is 2. The zero-order valence-electron chi connectivity index (χ0n) is 8.79. The molecule has 0 spiro atoms. The van der Waals surface area contributed by atoms with Crippen molar-refractivity contribution in [3.05, 3.63) is 0 Å². The quantitative estimate of drug-likeness (QED) is 0.622. The van der Waals surface area contributed by atoms with E-state index in [-0.39, 0.29) is 11.5 Å². The molecule has 0 aromatic heterocycles. The monoisotopic (exact) mass is 186 g/mol. The van der Waals surface area contributed by atoms with Crippen LogP contribution >= 0.6 is 0 Å². The lowest BCUT2D eigenvalue weighted by atomic mass is 9.83. The van der Waals surface area contributed by atoms with E-state index in [0.29, 0.717) is 12.5 Å². The molecule has 1 fully saturated rings. The molecule has 2 atom stereocenters. The standard InChI is InChI=1S/C10H18O3/c1-7(5-10(2,3)4)8-6-12-9(11)13-8/h7-8H,5-6H2,1-4H3. The Morgan fingerprint density at radius 3 is 2.54 bits per heavy atom. The fourth-order valence-electron chi connectivity index (χ4n) is 1.72. The maximum Gasteiger partial charge on any atom is 0.508 e. The molecular weight excluding hydrogens is 168 g/mol. The minimum atomic E-state index is -0.522. The molecule has 0 aliphatic carbocycles. The summed E-state index contributed by atoms with van der Waals surface area (Å²) in [6, 6.07) is 0. The van der Waals surface area contributed by atoms with Crippen molar-refractivity contribution in [3.63, 3.8) is 0 Å². The molecule has 0 aromatic rings. The number of hydrogen-bond acceptors (Lipinski definition) is 3. The molecule has 0 aromatic carbocycles. The predicted molar refractivity (Wildman–Crippen MR) is 49.5 cm³/mol. The Morgan fingerprint density at radius 1 is 1.54 bits per heavy atom. The van der Waals surface area contributed by atoms with Gasteiger partial charge in [0.15, 0.2) is 0 Å². The molecule has 13 heavy (non-hydrogen) atoms. The van der Waals surface area contributed by atoms with Crippen molar-refractivity contribution in [3.8, 4) is 0 Å². The van der Waals surface area contributed by atoms with E-state index in [4.69, 9.17) is 9.47 Å². The van der Waals surface area contributed by atoms with Crippen molar-refractivity contribution in [2.75, 3.05) is 6.61 Å². The van der Waals surface area contributed by atoms with E-state index in [1.54, 1.807) is 0 Å². The van der Waals surface area contributed by atoms with Crippen LogP contribution in [0.2, 0.25) is 0 Å². The molecule has 1 aliphatic rings. The van der Waals surface area contributed by atoms with Crippen LogP contribution < -0.4 is 0 Å². The summed E-state index contributed by atoms with van der Waals surface area (Å²) in [6.07, 6.45) is 0.464. The van der Waals surface area contributed by atoms with Crippen molar-refractivity contribution in [2.45, 2.75) is 40.2 Å². The second kappa shape index (κ2) is 3.56. The molecule has 0 bridgehead atoms. The van der Waals surface area contributed by atoms with Crippen LogP contribution in [0.3, 0.4) is 0 Å². The summed E-state index contributed by atoms with van der Waals surface area (Å²) in [7, 11) is 0. The Bertz CT molecular complexity index is 193. The van der Waals surface area contributed by atoms with E-state index < -0.39 is 6.16 Å². The van der Waals surface area contributed by atoms with Gasteiger partial charge in [-0.15, -0.1) is 0 Å². The lowest BCUT2D eigenvalue weighted by Gasteiger charge is -2.25. The second-order valence-corrected chi connectivity index (χ2v) is 4.96. The second-order valence-electron chi connectivity index (χ2n) is 4.96. The largest absolute Gasteiger partial charge is 0.508 e. The summed E-state index contributed by atoms with van der Waals surface area (Å²) < 4.78 is 9.75. The van der Waals surface area contributed by atoms with Gasteiger partial charge in [-0.3, -0.25) is 0 Å². The highest BCUT2D eigenvalue weighted by atomic mass is 16.8.